The van der Waals surface area contributed by atoms with E-state index >= 15 is 0 Å². The molecule has 2 aromatic rings. The standard InChI is InChI=1S/C23H33N3O2/c1-16(2)24-23-18-7-6-8-20(18)25-21-13-17(22(27-3)14-19(21)23)15-28-12-11-26-9-4-5-10-26/h13-14,16H,4-12,15H2,1-3H3,(H,24,25). The summed E-state index contributed by atoms with van der Waals surface area (Å²) in [6.07, 6.45) is 6.01. The first-order chi connectivity index (χ1) is 13.7. The van der Waals surface area contributed by atoms with Gasteiger partial charge in [-0.15, -0.1) is 0 Å². The van der Waals surface area contributed by atoms with E-state index in [4.69, 9.17) is 14.5 Å². The van der Waals surface area contributed by atoms with E-state index in [0.29, 0.717) is 12.6 Å². The molecule has 1 aliphatic carbocycles. The van der Waals surface area contributed by atoms with Crippen LogP contribution in [0, 0.1) is 0 Å². The van der Waals surface area contributed by atoms with E-state index < -0.39 is 0 Å². The van der Waals surface area contributed by atoms with E-state index in [-0.39, 0.29) is 0 Å². The third-order valence-electron chi connectivity index (χ3n) is 5.86. The molecule has 0 saturated carbocycles. The quantitative estimate of drug-likeness (QED) is 0.694. The van der Waals surface area contributed by atoms with E-state index in [1.807, 2.05) is 0 Å². The zero-order valence-electron chi connectivity index (χ0n) is 17.5. The molecular weight excluding hydrogens is 350 g/mol. The van der Waals surface area contributed by atoms with Gasteiger partial charge in [0.1, 0.15) is 5.75 Å². The number of methoxy groups -OCH3 is 1. The Balaban J connectivity index is 1.58. The lowest BCUT2D eigenvalue weighted by molar-refractivity contribution is 0.0979. The van der Waals surface area contributed by atoms with Gasteiger partial charge in [0.05, 0.1) is 25.8 Å². The first-order valence-electron chi connectivity index (χ1n) is 10.7. The van der Waals surface area contributed by atoms with Crippen LogP contribution >= 0.6 is 0 Å². The molecule has 5 heteroatoms. The number of hydrogen-bond acceptors (Lipinski definition) is 5. The summed E-state index contributed by atoms with van der Waals surface area (Å²) < 4.78 is 11.7. The average molecular weight is 384 g/mol. The molecule has 1 aromatic heterocycles. The van der Waals surface area contributed by atoms with Gasteiger partial charge in [0.2, 0.25) is 0 Å². The van der Waals surface area contributed by atoms with Crippen molar-refractivity contribution in [3.8, 4) is 5.75 Å². The van der Waals surface area contributed by atoms with Gasteiger partial charge in [0.25, 0.3) is 0 Å². The minimum absolute atomic E-state index is 0.384. The second-order valence-corrected chi connectivity index (χ2v) is 8.35. The van der Waals surface area contributed by atoms with Gasteiger partial charge in [-0.05, 0) is 76.7 Å². The molecule has 1 saturated heterocycles. The van der Waals surface area contributed by atoms with Gasteiger partial charge >= 0.3 is 0 Å². The molecule has 0 bridgehead atoms. The lowest BCUT2D eigenvalue weighted by Gasteiger charge is -2.19. The summed E-state index contributed by atoms with van der Waals surface area (Å²) in [4.78, 5) is 7.47. The van der Waals surface area contributed by atoms with Crippen molar-refractivity contribution in [2.75, 3.05) is 38.7 Å². The summed E-state index contributed by atoms with van der Waals surface area (Å²) in [5.41, 5.74) is 6.01. The number of anilines is 1. The lowest BCUT2D eigenvalue weighted by atomic mass is 10.0. The largest absolute Gasteiger partial charge is 0.496 e. The van der Waals surface area contributed by atoms with Crippen LogP contribution in [0.2, 0.25) is 0 Å². The van der Waals surface area contributed by atoms with Crippen LogP contribution in [0.15, 0.2) is 12.1 Å². The Hall–Kier alpha value is -1.85. The second-order valence-electron chi connectivity index (χ2n) is 8.35. The Morgan fingerprint density at radius 2 is 1.96 bits per heavy atom. The lowest BCUT2D eigenvalue weighted by Crippen LogP contribution is -2.23. The van der Waals surface area contributed by atoms with E-state index in [1.54, 1.807) is 7.11 Å². The summed E-state index contributed by atoms with van der Waals surface area (Å²) in [5, 5.41) is 4.83. The van der Waals surface area contributed by atoms with E-state index in [0.717, 1.165) is 48.2 Å². The average Bonchev–Trinajstić information content (AvgIpc) is 3.35. The molecule has 1 fully saturated rings. The van der Waals surface area contributed by atoms with Crippen molar-refractivity contribution < 1.29 is 9.47 Å². The Bertz CT molecular complexity index is 828. The third kappa shape index (κ3) is 4.11. The van der Waals surface area contributed by atoms with Gasteiger partial charge < -0.3 is 19.7 Å². The SMILES string of the molecule is COc1cc2c(NC(C)C)c3c(nc2cc1COCCN1CCCC1)CCC3. The predicted molar refractivity (Wildman–Crippen MR) is 114 cm³/mol. The second kappa shape index (κ2) is 8.66. The number of rotatable bonds is 8. The molecule has 0 spiro atoms. The van der Waals surface area contributed by atoms with Crippen molar-refractivity contribution in [2.45, 2.75) is 58.6 Å². The fourth-order valence-electron chi connectivity index (χ4n) is 4.47. The number of aromatic nitrogens is 1. The Morgan fingerprint density at radius 1 is 1.14 bits per heavy atom. The fourth-order valence-corrected chi connectivity index (χ4v) is 4.47. The summed E-state index contributed by atoms with van der Waals surface area (Å²) >= 11 is 0. The molecule has 1 aliphatic heterocycles. The molecule has 1 N–H and O–H groups in total. The highest BCUT2D eigenvalue weighted by atomic mass is 16.5. The minimum atomic E-state index is 0.384. The number of nitrogens with one attached hydrogen (secondary N) is 1. The molecule has 28 heavy (non-hydrogen) atoms. The monoisotopic (exact) mass is 383 g/mol. The first-order valence-corrected chi connectivity index (χ1v) is 10.7. The maximum Gasteiger partial charge on any atom is 0.125 e. The maximum absolute atomic E-state index is 6.00. The van der Waals surface area contributed by atoms with Gasteiger partial charge in [-0.3, -0.25) is 4.98 Å². The number of pyridine rings is 1. The van der Waals surface area contributed by atoms with Gasteiger partial charge in [-0.1, -0.05) is 0 Å². The molecule has 0 radical (unpaired) electrons. The van der Waals surface area contributed by atoms with Gasteiger partial charge in [-0.25, -0.2) is 0 Å². The van der Waals surface area contributed by atoms with Crippen LogP contribution in [0.4, 0.5) is 5.69 Å². The molecule has 2 aliphatic rings. The van der Waals surface area contributed by atoms with Crippen LogP contribution in [0.3, 0.4) is 0 Å². The number of likely N-dealkylation sites (tertiary alicyclic amines) is 1. The number of fused-ring (bicyclic) bond motifs is 2. The van der Waals surface area contributed by atoms with Crippen LogP contribution in [0.5, 0.6) is 5.75 Å². The molecule has 152 valence electrons. The number of benzene rings is 1. The molecule has 0 atom stereocenters. The van der Waals surface area contributed by atoms with Gasteiger partial charge in [-0.2, -0.15) is 0 Å². The van der Waals surface area contributed by atoms with E-state index in [9.17, 15) is 0 Å². The topological polar surface area (TPSA) is 46.6 Å². The highest BCUT2D eigenvalue weighted by Crippen LogP contribution is 2.37. The zero-order valence-corrected chi connectivity index (χ0v) is 17.5. The molecule has 1 aromatic carbocycles. The van der Waals surface area contributed by atoms with Crippen LogP contribution in [0.25, 0.3) is 10.9 Å². The summed E-state index contributed by atoms with van der Waals surface area (Å²) in [6, 6.07) is 4.69. The van der Waals surface area contributed by atoms with Crippen molar-refractivity contribution in [3.63, 3.8) is 0 Å². The number of nitrogens with zero attached hydrogens (tertiary/aromatic N) is 2. The van der Waals surface area contributed by atoms with Crippen LogP contribution < -0.4 is 10.1 Å². The minimum Gasteiger partial charge on any atom is -0.496 e. The number of hydrogen-bond donors (Lipinski definition) is 1. The van der Waals surface area contributed by atoms with Crippen molar-refractivity contribution in [1.82, 2.24) is 9.88 Å². The zero-order chi connectivity index (χ0) is 19.5. The maximum atomic E-state index is 6.00. The van der Waals surface area contributed by atoms with Crippen LogP contribution in [0.1, 0.15) is 49.9 Å². The Kier molecular flexibility index (Phi) is 6.02. The smallest absolute Gasteiger partial charge is 0.125 e. The van der Waals surface area contributed by atoms with E-state index in [2.05, 4.69) is 36.2 Å². The van der Waals surface area contributed by atoms with E-state index in [1.165, 1.54) is 49.3 Å². The molecule has 0 unspecified atom stereocenters. The third-order valence-corrected chi connectivity index (χ3v) is 5.86. The molecular formula is C23H33N3O2. The van der Waals surface area contributed by atoms with Crippen LogP contribution in [-0.4, -0.2) is 49.3 Å². The van der Waals surface area contributed by atoms with Crippen molar-refractivity contribution >= 4 is 16.6 Å². The molecule has 2 heterocycles. The van der Waals surface area contributed by atoms with Gasteiger partial charge in [0.15, 0.2) is 0 Å². The molecule has 5 nitrogen and oxygen atoms in total. The number of aryl methyl sites for hydroxylation is 1. The van der Waals surface area contributed by atoms with Crippen LogP contribution in [-0.2, 0) is 24.2 Å². The molecule has 4 rings (SSSR count). The highest BCUT2D eigenvalue weighted by molar-refractivity contribution is 5.95. The summed E-state index contributed by atoms with van der Waals surface area (Å²) in [6.45, 7) is 9.15. The Labute approximate surface area is 168 Å². The Morgan fingerprint density at radius 3 is 2.71 bits per heavy atom. The van der Waals surface area contributed by atoms with Crippen molar-refractivity contribution in [2.24, 2.45) is 0 Å². The predicted octanol–water partition coefficient (Wildman–Crippen LogP) is 4.16. The first kappa shape index (κ1) is 19.5. The fraction of sp³-hybridized carbons (Fsp3) is 0.609. The summed E-state index contributed by atoms with van der Waals surface area (Å²) in [7, 11) is 1.74. The normalized spacial score (nSPS) is 16.9. The van der Waals surface area contributed by atoms with Crippen molar-refractivity contribution in [3.05, 3.63) is 29.0 Å². The highest BCUT2D eigenvalue weighted by Gasteiger charge is 2.21. The molecule has 0 amide bonds. The number of ether oxygens (including phenoxy) is 2. The summed E-state index contributed by atoms with van der Waals surface area (Å²) in [5.74, 6) is 0.889. The van der Waals surface area contributed by atoms with Gasteiger partial charge in [0, 0.05) is 34.9 Å². The van der Waals surface area contributed by atoms with Crippen molar-refractivity contribution in [1.29, 1.82) is 0 Å².